The first kappa shape index (κ1) is 11.5. The molecule has 14 heavy (non-hydrogen) atoms. The van der Waals surface area contributed by atoms with Gasteiger partial charge in [-0.25, -0.2) is 9.98 Å². The number of rotatable bonds is 1. The van der Waals surface area contributed by atoms with Gasteiger partial charge in [0.25, 0.3) is 0 Å². The van der Waals surface area contributed by atoms with Crippen LogP contribution in [0.2, 0.25) is 5.02 Å². The van der Waals surface area contributed by atoms with E-state index in [-0.39, 0.29) is 0 Å². The van der Waals surface area contributed by atoms with E-state index in [1.165, 1.54) is 0 Å². The van der Waals surface area contributed by atoms with Crippen LogP contribution in [0.5, 0.6) is 0 Å². The van der Waals surface area contributed by atoms with Crippen LogP contribution in [0.15, 0.2) is 21.7 Å². The van der Waals surface area contributed by atoms with E-state index in [0.29, 0.717) is 10.8 Å². The topological polar surface area (TPSA) is 28.5 Å². The van der Waals surface area contributed by atoms with Gasteiger partial charge in [-0.05, 0) is 22.9 Å². The standard InChI is InChI=1S/C9H11BrClN3/c1-6(14(2)3)13-9-4-8(11)7(10)5-12-9/h4-5H,1-3H3/b13-6+. The minimum Gasteiger partial charge on any atom is -0.366 e. The highest BCUT2D eigenvalue weighted by Gasteiger charge is 2.00. The molecule has 0 saturated carbocycles. The fraction of sp³-hybridized carbons (Fsp3) is 0.333. The summed E-state index contributed by atoms with van der Waals surface area (Å²) in [4.78, 5) is 10.3. The summed E-state index contributed by atoms with van der Waals surface area (Å²) in [5, 5.41) is 0.616. The summed E-state index contributed by atoms with van der Waals surface area (Å²) in [6.45, 7) is 1.91. The normalized spacial score (nSPS) is 11.6. The van der Waals surface area contributed by atoms with E-state index in [0.717, 1.165) is 10.3 Å². The molecule has 76 valence electrons. The van der Waals surface area contributed by atoms with Crippen LogP contribution in [-0.2, 0) is 0 Å². The number of nitrogens with zero attached hydrogens (tertiary/aromatic N) is 3. The van der Waals surface area contributed by atoms with E-state index in [4.69, 9.17) is 11.6 Å². The van der Waals surface area contributed by atoms with Gasteiger partial charge in [0.05, 0.1) is 9.50 Å². The quantitative estimate of drug-likeness (QED) is 0.582. The van der Waals surface area contributed by atoms with Crippen molar-refractivity contribution >= 4 is 39.2 Å². The van der Waals surface area contributed by atoms with Gasteiger partial charge < -0.3 is 4.90 Å². The Kier molecular flexibility index (Phi) is 3.89. The van der Waals surface area contributed by atoms with Gasteiger partial charge in [-0.1, -0.05) is 11.6 Å². The molecule has 0 aliphatic rings. The van der Waals surface area contributed by atoms with Crippen molar-refractivity contribution in [2.45, 2.75) is 6.92 Å². The minimum atomic E-state index is 0.615. The van der Waals surface area contributed by atoms with Crippen molar-refractivity contribution in [3.8, 4) is 0 Å². The second-order valence-corrected chi connectivity index (χ2v) is 4.27. The van der Waals surface area contributed by atoms with Gasteiger partial charge >= 0.3 is 0 Å². The van der Waals surface area contributed by atoms with Crippen LogP contribution in [0, 0.1) is 0 Å². The van der Waals surface area contributed by atoms with E-state index in [1.54, 1.807) is 12.3 Å². The maximum absolute atomic E-state index is 5.91. The van der Waals surface area contributed by atoms with Crippen LogP contribution in [0.3, 0.4) is 0 Å². The SMILES string of the molecule is C/C(=N\c1cc(Cl)c(Br)cn1)N(C)C. The molecule has 0 amide bonds. The highest BCUT2D eigenvalue weighted by molar-refractivity contribution is 9.10. The molecule has 0 fully saturated rings. The third-order valence-electron chi connectivity index (χ3n) is 1.72. The van der Waals surface area contributed by atoms with E-state index >= 15 is 0 Å². The van der Waals surface area contributed by atoms with Crippen LogP contribution < -0.4 is 0 Å². The molecule has 0 aliphatic carbocycles. The zero-order chi connectivity index (χ0) is 10.7. The van der Waals surface area contributed by atoms with Crippen LogP contribution in [0.25, 0.3) is 0 Å². The fourth-order valence-corrected chi connectivity index (χ4v) is 1.09. The minimum absolute atomic E-state index is 0.615. The molecule has 0 atom stereocenters. The first-order valence-corrected chi connectivity index (χ1v) is 5.21. The summed E-state index contributed by atoms with van der Waals surface area (Å²) in [6, 6.07) is 1.72. The Balaban J connectivity index is 2.98. The molecule has 0 unspecified atom stereocenters. The smallest absolute Gasteiger partial charge is 0.155 e. The van der Waals surface area contributed by atoms with Gasteiger partial charge in [-0.15, -0.1) is 0 Å². The lowest BCUT2D eigenvalue weighted by Gasteiger charge is -2.10. The van der Waals surface area contributed by atoms with E-state index in [1.807, 2.05) is 25.9 Å². The Morgan fingerprint density at radius 1 is 1.57 bits per heavy atom. The molecule has 0 bridgehead atoms. The lowest BCUT2D eigenvalue weighted by Crippen LogP contribution is -2.17. The molecule has 0 saturated heterocycles. The molecule has 0 aliphatic heterocycles. The molecule has 1 aromatic heterocycles. The van der Waals surface area contributed by atoms with E-state index in [2.05, 4.69) is 25.9 Å². The zero-order valence-electron chi connectivity index (χ0n) is 8.25. The summed E-state index contributed by atoms with van der Waals surface area (Å²) in [6.07, 6.45) is 1.64. The van der Waals surface area contributed by atoms with Gasteiger partial charge in [0.1, 0.15) is 5.84 Å². The molecule has 3 nitrogen and oxygen atoms in total. The summed E-state index contributed by atoms with van der Waals surface area (Å²) in [5.74, 6) is 1.50. The van der Waals surface area contributed by atoms with Crippen molar-refractivity contribution in [2.75, 3.05) is 14.1 Å². The predicted molar refractivity (Wildman–Crippen MR) is 63.4 cm³/mol. The Labute approximate surface area is 96.9 Å². The van der Waals surface area contributed by atoms with Crippen LogP contribution in [-0.4, -0.2) is 29.8 Å². The van der Waals surface area contributed by atoms with Crippen molar-refractivity contribution in [1.29, 1.82) is 0 Å². The zero-order valence-corrected chi connectivity index (χ0v) is 10.6. The molecule has 1 heterocycles. The Morgan fingerprint density at radius 2 is 2.21 bits per heavy atom. The van der Waals surface area contributed by atoms with E-state index < -0.39 is 0 Å². The van der Waals surface area contributed by atoms with Gasteiger partial charge in [-0.3, -0.25) is 0 Å². The Morgan fingerprint density at radius 3 is 2.71 bits per heavy atom. The number of hydrogen-bond acceptors (Lipinski definition) is 2. The number of amidine groups is 1. The number of halogens is 2. The van der Waals surface area contributed by atoms with Crippen LogP contribution >= 0.6 is 27.5 Å². The van der Waals surface area contributed by atoms with Gasteiger partial charge in [0.15, 0.2) is 5.82 Å². The maximum Gasteiger partial charge on any atom is 0.155 e. The summed E-state index contributed by atoms with van der Waals surface area (Å²) in [7, 11) is 3.86. The summed E-state index contributed by atoms with van der Waals surface area (Å²) in [5.41, 5.74) is 0. The second kappa shape index (κ2) is 4.75. The Hall–Kier alpha value is -0.610. The Bertz CT molecular complexity index is 363. The van der Waals surface area contributed by atoms with Crippen molar-refractivity contribution in [3.05, 3.63) is 21.8 Å². The average Bonchev–Trinajstić information content (AvgIpc) is 2.11. The number of aromatic nitrogens is 1. The van der Waals surface area contributed by atoms with Crippen LogP contribution in [0.4, 0.5) is 5.82 Å². The number of pyridine rings is 1. The monoisotopic (exact) mass is 275 g/mol. The summed E-state index contributed by atoms with van der Waals surface area (Å²) < 4.78 is 0.778. The first-order valence-electron chi connectivity index (χ1n) is 4.04. The number of hydrogen-bond donors (Lipinski definition) is 0. The first-order chi connectivity index (χ1) is 6.50. The van der Waals surface area contributed by atoms with Crippen molar-refractivity contribution in [3.63, 3.8) is 0 Å². The van der Waals surface area contributed by atoms with Crippen LogP contribution in [0.1, 0.15) is 6.92 Å². The molecule has 0 aromatic carbocycles. The lowest BCUT2D eigenvalue weighted by molar-refractivity contribution is 0.618. The largest absolute Gasteiger partial charge is 0.366 e. The molecule has 1 rings (SSSR count). The highest BCUT2D eigenvalue weighted by Crippen LogP contribution is 2.24. The molecular weight excluding hydrogens is 265 g/mol. The molecule has 5 heteroatoms. The molecule has 0 N–H and O–H groups in total. The third-order valence-corrected chi connectivity index (χ3v) is 2.89. The predicted octanol–water partition coefficient (Wildman–Crippen LogP) is 3.11. The molecule has 1 aromatic rings. The van der Waals surface area contributed by atoms with Crippen molar-refractivity contribution in [1.82, 2.24) is 9.88 Å². The number of aliphatic imine (C=N–C) groups is 1. The third kappa shape index (κ3) is 2.96. The van der Waals surface area contributed by atoms with Gasteiger partial charge in [-0.2, -0.15) is 0 Å². The van der Waals surface area contributed by atoms with Crippen molar-refractivity contribution < 1.29 is 0 Å². The molecule has 0 radical (unpaired) electrons. The fourth-order valence-electron chi connectivity index (χ4n) is 0.731. The lowest BCUT2D eigenvalue weighted by atomic mass is 10.4. The average molecular weight is 277 g/mol. The van der Waals surface area contributed by atoms with Crippen molar-refractivity contribution in [2.24, 2.45) is 4.99 Å². The maximum atomic E-state index is 5.91. The highest BCUT2D eigenvalue weighted by atomic mass is 79.9. The molecular formula is C9H11BrClN3. The second-order valence-electron chi connectivity index (χ2n) is 3.01. The summed E-state index contributed by atoms with van der Waals surface area (Å²) >= 11 is 9.18. The van der Waals surface area contributed by atoms with E-state index in [9.17, 15) is 0 Å². The van der Waals surface area contributed by atoms with Gasteiger partial charge in [0.2, 0.25) is 0 Å². The van der Waals surface area contributed by atoms with Gasteiger partial charge in [0, 0.05) is 26.4 Å². The molecule has 0 spiro atoms.